The summed E-state index contributed by atoms with van der Waals surface area (Å²) in [6.45, 7) is 0. The van der Waals surface area contributed by atoms with Crippen molar-refractivity contribution in [3.8, 4) is 6.07 Å². The van der Waals surface area contributed by atoms with E-state index in [1.165, 1.54) is 0 Å². The van der Waals surface area contributed by atoms with Gasteiger partial charge < -0.3 is 9.90 Å². The molecule has 0 aromatic heterocycles. The molecule has 1 unspecified atom stereocenters. The Labute approximate surface area is 53.9 Å². The van der Waals surface area contributed by atoms with Crippen molar-refractivity contribution >= 4 is 6.29 Å². The van der Waals surface area contributed by atoms with Gasteiger partial charge in [0.25, 0.3) is 0 Å². The van der Waals surface area contributed by atoms with Gasteiger partial charge in [-0.25, -0.2) is 0 Å². The van der Waals surface area contributed by atoms with Gasteiger partial charge in [-0.1, -0.05) is 0 Å². The van der Waals surface area contributed by atoms with Crippen molar-refractivity contribution in [2.75, 3.05) is 0 Å². The largest absolute Gasteiger partial charge is 0.392 e. The summed E-state index contributed by atoms with van der Waals surface area (Å²) in [5.41, 5.74) is 0. The summed E-state index contributed by atoms with van der Waals surface area (Å²) in [4.78, 5) is 9.72. The van der Waals surface area contributed by atoms with E-state index in [0.717, 1.165) is 6.29 Å². The Kier molecular flexibility index (Phi) is 4.75. The Morgan fingerprint density at radius 2 is 2.44 bits per heavy atom. The van der Waals surface area contributed by atoms with Gasteiger partial charge in [0.1, 0.15) is 6.29 Å². The molecule has 1 atom stereocenters. The molecule has 0 aromatic rings. The predicted molar refractivity (Wildman–Crippen MR) is 31.5 cm³/mol. The molecule has 0 aliphatic rings. The highest BCUT2D eigenvalue weighted by Crippen LogP contribution is 1.97. The number of nitriles is 1. The van der Waals surface area contributed by atoms with Crippen LogP contribution in [0.4, 0.5) is 0 Å². The zero-order valence-electron chi connectivity index (χ0n) is 5.08. The van der Waals surface area contributed by atoms with Crippen LogP contribution in [0.15, 0.2) is 0 Å². The van der Waals surface area contributed by atoms with Gasteiger partial charge in [-0.05, 0) is 6.42 Å². The number of nitrogens with zero attached hydrogens (tertiary/aromatic N) is 1. The van der Waals surface area contributed by atoms with E-state index in [9.17, 15) is 4.79 Å². The molecule has 0 rings (SSSR count). The summed E-state index contributed by atoms with van der Waals surface area (Å²) in [5, 5.41) is 16.8. The van der Waals surface area contributed by atoms with Crippen LogP contribution >= 0.6 is 0 Å². The maximum absolute atomic E-state index is 9.72. The van der Waals surface area contributed by atoms with Crippen LogP contribution in [0.25, 0.3) is 0 Å². The number of carbonyl (C=O) groups is 1. The lowest BCUT2D eigenvalue weighted by molar-refractivity contribution is -0.108. The van der Waals surface area contributed by atoms with Crippen LogP contribution < -0.4 is 0 Å². The fourth-order valence-corrected chi connectivity index (χ4v) is 0.468. The highest BCUT2D eigenvalue weighted by molar-refractivity contribution is 5.49. The smallest absolute Gasteiger partial charge is 0.120 e. The topological polar surface area (TPSA) is 61.1 Å². The van der Waals surface area contributed by atoms with Crippen molar-refractivity contribution in [3.05, 3.63) is 0 Å². The van der Waals surface area contributed by atoms with Gasteiger partial charge in [-0.2, -0.15) is 5.26 Å². The van der Waals surface area contributed by atoms with Crippen molar-refractivity contribution < 1.29 is 9.90 Å². The Hall–Kier alpha value is -0.880. The lowest BCUT2D eigenvalue weighted by atomic mass is 10.2. The van der Waals surface area contributed by atoms with E-state index in [4.69, 9.17) is 10.4 Å². The summed E-state index contributed by atoms with van der Waals surface area (Å²) in [5.74, 6) is 0. The summed E-state index contributed by atoms with van der Waals surface area (Å²) in [6.07, 6.45) is 0.967. The maximum atomic E-state index is 9.72. The molecule has 0 fully saturated rings. The molecule has 0 saturated heterocycles. The molecule has 0 aliphatic carbocycles. The van der Waals surface area contributed by atoms with Crippen molar-refractivity contribution in [2.45, 2.75) is 25.4 Å². The lowest BCUT2D eigenvalue weighted by Gasteiger charge is -1.99. The van der Waals surface area contributed by atoms with Crippen LogP contribution in [-0.4, -0.2) is 17.5 Å². The van der Waals surface area contributed by atoms with Gasteiger partial charge in [0.05, 0.1) is 18.6 Å². The first kappa shape index (κ1) is 8.12. The fourth-order valence-electron chi connectivity index (χ4n) is 0.468. The number of carbonyl (C=O) groups excluding carboxylic acids is 1. The second-order valence-electron chi connectivity index (χ2n) is 1.76. The van der Waals surface area contributed by atoms with Crippen molar-refractivity contribution in [2.24, 2.45) is 0 Å². The van der Waals surface area contributed by atoms with Crippen molar-refractivity contribution in [3.63, 3.8) is 0 Å². The Morgan fingerprint density at radius 1 is 1.78 bits per heavy atom. The van der Waals surface area contributed by atoms with Crippen LogP contribution in [0, 0.1) is 11.3 Å². The van der Waals surface area contributed by atoms with Gasteiger partial charge >= 0.3 is 0 Å². The Bertz CT molecular complexity index is 117. The molecule has 0 aromatic carbocycles. The molecule has 0 radical (unpaired) electrons. The molecular formula is C6H9NO2. The van der Waals surface area contributed by atoms with Gasteiger partial charge in [-0.15, -0.1) is 0 Å². The van der Waals surface area contributed by atoms with Crippen molar-refractivity contribution in [1.29, 1.82) is 5.26 Å². The summed E-state index contributed by atoms with van der Waals surface area (Å²) < 4.78 is 0. The van der Waals surface area contributed by atoms with E-state index in [0.29, 0.717) is 12.8 Å². The molecule has 0 amide bonds. The van der Waals surface area contributed by atoms with E-state index in [2.05, 4.69) is 0 Å². The number of hydrogen-bond acceptors (Lipinski definition) is 3. The van der Waals surface area contributed by atoms with Gasteiger partial charge in [0.15, 0.2) is 0 Å². The maximum Gasteiger partial charge on any atom is 0.120 e. The molecule has 0 spiro atoms. The average molecular weight is 127 g/mol. The zero-order chi connectivity index (χ0) is 7.11. The number of aliphatic hydroxyl groups is 1. The van der Waals surface area contributed by atoms with E-state index in [1.54, 1.807) is 0 Å². The SMILES string of the molecule is N#CCC(O)CCC=O. The minimum absolute atomic E-state index is 0.119. The third-order valence-corrected chi connectivity index (χ3v) is 0.945. The lowest BCUT2D eigenvalue weighted by Crippen LogP contribution is -2.04. The molecule has 0 bridgehead atoms. The second kappa shape index (κ2) is 5.26. The number of rotatable bonds is 4. The summed E-state index contributed by atoms with van der Waals surface area (Å²) >= 11 is 0. The third kappa shape index (κ3) is 4.98. The highest BCUT2D eigenvalue weighted by atomic mass is 16.3. The molecule has 3 nitrogen and oxygen atoms in total. The van der Waals surface area contributed by atoms with Crippen LogP contribution in [-0.2, 0) is 4.79 Å². The molecule has 0 aliphatic heterocycles. The number of hydrogen-bond donors (Lipinski definition) is 1. The molecule has 50 valence electrons. The monoisotopic (exact) mass is 127 g/mol. The van der Waals surface area contributed by atoms with E-state index in [-0.39, 0.29) is 6.42 Å². The van der Waals surface area contributed by atoms with E-state index >= 15 is 0 Å². The second-order valence-corrected chi connectivity index (χ2v) is 1.76. The van der Waals surface area contributed by atoms with Crippen LogP contribution in [0.3, 0.4) is 0 Å². The average Bonchev–Trinajstić information content (AvgIpc) is 1.85. The fraction of sp³-hybridized carbons (Fsp3) is 0.667. The minimum atomic E-state index is -0.625. The minimum Gasteiger partial charge on any atom is -0.392 e. The van der Waals surface area contributed by atoms with Crippen LogP contribution in [0.2, 0.25) is 0 Å². The third-order valence-electron chi connectivity index (χ3n) is 0.945. The van der Waals surface area contributed by atoms with Gasteiger partial charge in [-0.3, -0.25) is 0 Å². The standard InChI is InChI=1S/C6H9NO2/c7-4-3-6(9)2-1-5-8/h5-6,9H,1-3H2. The van der Waals surface area contributed by atoms with Crippen LogP contribution in [0.1, 0.15) is 19.3 Å². The summed E-state index contributed by atoms with van der Waals surface area (Å²) in [6, 6.07) is 1.81. The van der Waals surface area contributed by atoms with E-state index in [1.807, 2.05) is 6.07 Å². The molecular weight excluding hydrogens is 118 g/mol. The molecule has 1 N–H and O–H groups in total. The first-order chi connectivity index (χ1) is 4.31. The summed E-state index contributed by atoms with van der Waals surface area (Å²) in [7, 11) is 0. The molecule has 3 heteroatoms. The van der Waals surface area contributed by atoms with Crippen molar-refractivity contribution in [1.82, 2.24) is 0 Å². The molecule has 9 heavy (non-hydrogen) atoms. The normalized spacial score (nSPS) is 12.0. The molecule has 0 saturated carbocycles. The number of aldehydes is 1. The number of aliphatic hydroxyl groups excluding tert-OH is 1. The molecule has 0 heterocycles. The Balaban J connectivity index is 3.17. The van der Waals surface area contributed by atoms with Crippen LogP contribution in [0.5, 0.6) is 0 Å². The quantitative estimate of drug-likeness (QED) is 0.550. The first-order valence-corrected chi connectivity index (χ1v) is 2.80. The highest BCUT2D eigenvalue weighted by Gasteiger charge is 2.00. The predicted octanol–water partition coefficient (Wildman–Crippen LogP) is 0.240. The zero-order valence-corrected chi connectivity index (χ0v) is 5.08. The van der Waals surface area contributed by atoms with E-state index < -0.39 is 6.10 Å². The Morgan fingerprint density at radius 3 is 2.89 bits per heavy atom. The first-order valence-electron chi connectivity index (χ1n) is 2.80. The van der Waals surface area contributed by atoms with Gasteiger partial charge in [0, 0.05) is 6.42 Å². The van der Waals surface area contributed by atoms with Gasteiger partial charge in [0.2, 0.25) is 0 Å².